The molecule has 1 aromatic carbocycles. The lowest BCUT2D eigenvalue weighted by Crippen LogP contribution is -2.16. The van der Waals surface area contributed by atoms with E-state index in [4.69, 9.17) is 5.11 Å². The Hall–Kier alpha value is -1.46. The van der Waals surface area contributed by atoms with Crippen LogP contribution in [0.1, 0.15) is 24.2 Å². The van der Waals surface area contributed by atoms with Gasteiger partial charge in [-0.1, -0.05) is 6.07 Å². The maximum absolute atomic E-state index is 13.3. The third-order valence-electron chi connectivity index (χ3n) is 2.05. The predicted octanol–water partition coefficient (Wildman–Crippen LogP) is 0.915. The molecular formula is C11H13FO4. The van der Waals surface area contributed by atoms with Gasteiger partial charge in [-0.25, -0.2) is 9.18 Å². The Balaban J connectivity index is 2.97. The van der Waals surface area contributed by atoms with E-state index in [-0.39, 0.29) is 18.8 Å². The lowest BCUT2D eigenvalue weighted by Gasteiger charge is -2.11. The molecule has 16 heavy (non-hydrogen) atoms. The quantitative estimate of drug-likeness (QED) is 0.752. The van der Waals surface area contributed by atoms with Gasteiger partial charge in [0.25, 0.3) is 0 Å². The summed E-state index contributed by atoms with van der Waals surface area (Å²) in [5.74, 6) is -1.62. The summed E-state index contributed by atoms with van der Waals surface area (Å²) in [6, 6.07) is 3.69. The van der Waals surface area contributed by atoms with Crippen molar-refractivity contribution in [3.63, 3.8) is 0 Å². The van der Waals surface area contributed by atoms with Crippen LogP contribution in [0.2, 0.25) is 0 Å². The summed E-state index contributed by atoms with van der Waals surface area (Å²) < 4.78 is 17.9. The minimum atomic E-state index is -1.66. The number of ether oxygens (including phenoxy) is 1. The van der Waals surface area contributed by atoms with Crippen molar-refractivity contribution in [2.24, 2.45) is 0 Å². The first-order chi connectivity index (χ1) is 7.60. The highest BCUT2D eigenvalue weighted by atomic mass is 19.1. The number of carbonyl (C=O) groups excluding carboxylic acids is 1. The van der Waals surface area contributed by atoms with E-state index in [0.29, 0.717) is 5.56 Å². The highest BCUT2D eigenvalue weighted by molar-refractivity contribution is 5.76. The molecule has 0 aliphatic rings. The molecule has 1 aromatic rings. The zero-order chi connectivity index (χ0) is 12.1. The van der Waals surface area contributed by atoms with Gasteiger partial charge in [0.05, 0.1) is 13.2 Å². The Labute approximate surface area is 92.3 Å². The van der Waals surface area contributed by atoms with E-state index in [0.717, 1.165) is 6.07 Å². The van der Waals surface area contributed by atoms with E-state index in [1.54, 1.807) is 6.92 Å². The standard InChI is InChI=1S/C11H13FO4/c1-2-16-11(15)10(14)8-5-7(6-13)3-4-9(8)12/h3-5,10,13-14H,2,6H2,1H3. The van der Waals surface area contributed by atoms with Crippen molar-refractivity contribution in [2.75, 3.05) is 6.61 Å². The molecule has 0 aliphatic carbocycles. The number of carbonyl (C=O) groups is 1. The molecule has 5 heteroatoms. The molecule has 0 aliphatic heterocycles. The van der Waals surface area contributed by atoms with Gasteiger partial charge < -0.3 is 14.9 Å². The molecule has 0 aromatic heterocycles. The van der Waals surface area contributed by atoms with Crippen LogP contribution in [-0.2, 0) is 16.1 Å². The first kappa shape index (κ1) is 12.6. The number of hydrogen-bond acceptors (Lipinski definition) is 4. The summed E-state index contributed by atoms with van der Waals surface area (Å²) in [5, 5.41) is 18.4. The van der Waals surface area contributed by atoms with Crippen LogP contribution in [0.25, 0.3) is 0 Å². The first-order valence-electron chi connectivity index (χ1n) is 4.84. The smallest absolute Gasteiger partial charge is 0.339 e. The summed E-state index contributed by atoms with van der Waals surface area (Å²) in [6.45, 7) is 1.41. The molecule has 1 atom stereocenters. The molecule has 0 saturated carbocycles. The third kappa shape index (κ3) is 2.77. The van der Waals surface area contributed by atoms with Crippen LogP contribution in [0.4, 0.5) is 4.39 Å². The highest BCUT2D eigenvalue weighted by Crippen LogP contribution is 2.20. The normalized spacial score (nSPS) is 12.2. The number of benzene rings is 1. The number of hydrogen-bond donors (Lipinski definition) is 2. The first-order valence-corrected chi connectivity index (χ1v) is 4.84. The van der Waals surface area contributed by atoms with Crippen molar-refractivity contribution in [3.05, 3.63) is 35.1 Å². The summed E-state index contributed by atoms with van der Waals surface area (Å²) in [5.41, 5.74) is 0.227. The fourth-order valence-electron chi connectivity index (χ4n) is 1.25. The largest absolute Gasteiger partial charge is 0.464 e. The Morgan fingerprint density at radius 2 is 2.25 bits per heavy atom. The molecule has 1 rings (SSSR count). The maximum Gasteiger partial charge on any atom is 0.339 e. The van der Waals surface area contributed by atoms with E-state index in [1.807, 2.05) is 0 Å². The number of aliphatic hydroxyl groups excluding tert-OH is 2. The third-order valence-corrected chi connectivity index (χ3v) is 2.05. The number of halogens is 1. The molecule has 1 unspecified atom stereocenters. The van der Waals surface area contributed by atoms with Gasteiger partial charge in [0, 0.05) is 5.56 Å². The summed E-state index contributed by atoms with van der Waals surface area (Å²) in [4.78, 5) is 11.2. The minimum Gasteiger partial charge on any atom is -0.464 e. The van der Waals surface area contributed by atoms with Gasteiger partial charge in [0.1, 0.15) is 5.82 Å². The van der Waals surface area contributed by atoms with Gasteiger partial charge >= 0.3 is 5.97 Å². The van der Waals surface area contributed by atoms with Gasteiger partial charge in [-0.3, -0.25) is 0 Å². The Bertz CT molecular complexity index is 378. The molecule has 0 bridgehead atoms. The maximum atomic E-state index is 13.3. The Kier molecular flexibility index (Phi) is 4.39. The van der Waals surface area contributed by atoms with E-state index in [1.165, 1.54) is 12.1 Å². The van der Waals surface area contributed by atoms with Crippen molar-refractivity contribution < 1.29 is 24.1 Å². The van der Waals surface area contributed by atoms with Crippen LogP contribution >= 0.6 is 0 Å². The fraction of sp³-hybridized carbons (Fsp3) is 0.364. The number of esters is 1. The monoisotopic (exact) mass is 228 g/mol. The average molecular weight is 228 g/mol. The van der Waals surface area contributed by atoms with Gasteiger partial charge in [0.15, 0.2) is 6.10 Å². The second-order valence-corrected chi connectivity index (χ2v) is 3.17. The minimum absolute atomic E-state index is 0.108. The second-order valence-electron chi connectivity index (χ2n) is 3.17. The molecule has 0 heterocycles. The van der Waals surface area contributed by atoms with E-state index in [9.17, 15) is 14.3 Å². The Morgan fingerprint density at radius 1 is 1.56 bits per heavy atom. The Morgan fingerprint density at radius 3 is 2.81 bits per heavy atom. The van der Waals surface area contributed by atoms with E-state index < -0.39 is 17.9 Å². The van der Waals surface area contributed by atoms with Gasteiger partial charge in [-0.15, -0.1) is 0 Å². The van der Waals surface area contributed by atoms with Crippen LogP contribution in [0, 0.1) is 5.82 Å². The average Bonchev–Trinajstić information content (AvgIpc) is 2.29. The molecule has 0 saturated heterocycles. The molecule has 0 fully saturated rings. The fourth-order valence-corrected chi connectivity index (χ4v) is 1.25. The lowest BCUT2D eigenvalue weighted by molar-refractivity contribution is -0.153. The van der Waals surface area contributed by atoms with E-state index in [2.05, 4.69) is 4.74 Å². The highest BCUT2D eigenvalue weighted by Gasteiger charge is 2.22. The lowest BCUT2D eigenvalue weighted by atomic mass is 10.1. The van der Waals surface area contributed by atoms with Crippen LogP contribution in [-0.4, -0.2) is 22.8 Å². The van der Waals surface area contributed by atoms with Crippen LogP contribution < -0.4 is 0 Å². The zero-order valence-corrected chi connectivity index (χ0v) is 8.81. The van der Waals surface area contributed by atoms with Crippen molar-refractivity contribution in [3.8, 4) is 0 Å². The van der Waals surface area contributed by atoms with Crippen molar-refractivity contribution in [1.29, 1.82) is 0 Å². The number of aliphatic hydroxyl groups is 2. The van der Waals surface area contributed by atoms with Crippen LogP contribution in [0.15, 0.2) is 18.2 Å². The summed E-state index contributed by atoms with van der Waals surface area (Å²) in [6.07, 6.45) is -1.66. The molecule has 0 amide bonds. The zero-order valence-electron chi connectivity index (χ0n) is 8.81. The van der Waals surface area contributed by atoms with Crippen molar-refractivity contribution in [1.82, 2.24) is 0 Å². The molecule has 0 radical (unpaired) electrons. The summed E-state index contributed by atoms with van der Waals surface area (Å²) >= 11 is 0. The molecule has 88 valence electrons. The van der Waals surface area contributed by atoms with Crippen molar-refractivity contribution >= 4 is 5.97 Å². The van der Waals surface area contributed by atoms with Gasteiger partial charge in [-0.2, -0.15) is 0 Å². The molecular weight excluding hydrogens is 215 g/mol. The number of rotatable bonds is 4. The topological polar surface area (TPSA) is 66.8 Å². The van der Waals surface area contributed by atoms with Crippen LogP contribution in [0.3, 0.4) is 0 Å². The molecule has 2 N–H and O–H groups in total. The van der Waals surface area contributed by atoms with Crippen molar-refractivity contribution in [2.45, 2.75) is 19.6 Å². The predicted molar refractivity (Wildman–Crippen MR) is 53.9 cm³/mol. The van der Waals surface area contributed by atoms with Crippen LogP contribution in [0.5, 0.6) is 0 Å². The van der Waals surface area contributed by atoms with Gasteiger partial charge in [-0.05, 0) is 24.6 Å². The second kappa shape index (κ2) is 5.58. The molecule has 4 nitrogen and oxygen atoms in total. The summed E-state index contributed by atoms with van der Waals surface area (Å²) in [7, 11) is 0. The molecule has 0 spiro atoms. The van der Waals surface area contributed by atoms with E-state index >= 15 is 0 Å². The SMILES string of the molecule is CCOC(=O)C(O)c1cc(CO)ccc1F. The van der Waals surface area contributed by atoms with Gasteiger partial charge in [0.2, 0.25) is 0 Å².